The van der Waals surface area contributed by atoms with Gasteiger partial charge in [-0.15, -0.1) is 11.3 Å². The topological polar surface area (TPSA) is 49.3 Å². The third kappa shape index (κ3) is 4.16. The van der Waals surface area contributed by atoms with Gasteiger partial charge in [0.2, 0.25) is 0 Å². The first-order valence-corrected chi connectivity index (χ1v) is 7.93. The lowest BCUT2D eigenvalue weighted by Gasteiger charge is -2.23. The predicted molar refractivity (Wildman–Crippen MR) is 86.8 cm³/mol. The van der Waals surface area contributed by atoms with Gasteiger partial charge in [0.05, 0.1) is 12.5 Å². The minimum Gasteiger partial charge on any atom is -0.481 e. The highest BCUT2D eigenvalue weighted by Gasteiger charge is 2.20. The fraction of sp³-hybridized carbons (Fsp3) is 0.353. The number of aliphatic carboxylic acids is 1. The maximum atomic E-state index is 11.1. The van der Waals surface area contributed by atoms with Gasteiger partial charge in [0.15, 0.2) is 0 Å². The summed E-state index contributed by atoms with van der Waals surface area (Å²) in [6, 6.07) is 10.3. The molecular weight excluding hydrogens is 282 g/mol. The number of rotatable bonds is 6. The number of hydrogen-bond acceptors (Lipinski definition) is 3. The van der Waals surface area contributed by atoms with Gasteiger partial charge >= 0.3 is 5.97 Å². The van der Waals surface area contributed by atoms with Gasteiger partial charge < -0.3 is 10.4 Å². The molecule has 4 heteroatoms. The summed E-state index contributed by atoms with van der Waals surface area (Å²) in [5, 5.41) is 14.6. The van der Waals surface area contributed by atoms with Crippen molar-refractivity contribution in [3.05, 3.63) is 57.3 Å². The van der Waals surface area contributed by atoms with Crippen molar-refractivity contribution in [2.75, 3.05) is 0 Å². The number of carbonyl (C=O) groups is 1. The molecular formula is C17H21NO2S. The van der Waals surface area contributed by atoms with E-state index in [1.807, 2.05) is 17.5 Å². The van der Waals surface area contributed by atoms with E-state index in [0.717, 1.165) is 4.88 Å². The van der Waals surface area contributed by atoms with Crippen molar-refractivity contribution in [2.45, 2.75) is 39.3 Å². The van der Waals surface area contributed by atoms with Crippen LogP contribution < -0.4 is 5.32 Å². The molecule has 2 unspecified atom stereocenters. The largest absolute Gasteiger partial charge is 0.481 e. The van der Waals surface area contributed by atoms with Crippen LogP contribution in [-0.4, -0.2) is 11.1 Å². The molecule has 112 valence electrons. The van der Waals surface area contributed by atoms with Crippen LogP contribution >= 0.6 is 11.3 Å². The zero-order chi connectivity index (χ0) is 15.4. The van der Waals surface area contributed by atoms with Gasteiger partial charge in [-0.3, -0.25) is 4.79 Å². The molecule has 0 aliphatic carbocycles. The Kier molecular flexibility index (Phi) is 5.15. The lowest BCUT2D eigenvalue weighted by molar-refractivity contribution is -0.137. The molecule has 0 saturated carbocycles. The minimum absolute atomic E-state index is 0.0930. The van der Waals surface area contributed by atoms with E-state index in [9.17, 15) is 4.79 Å². The van der Waals surface area contributed by atoms with Crippen LogP contribution in [0.3, 0.4) is 0 Å². The quantitative estimate of drug-likeness (QED) is 0.839. The Balaban J connectivity index is 2.17. The monoisotopic (exact) mass is 303 g/mol. The minimum atomic E-state index is -0.784. The number of thiophene rings is 1. The zero-order valence-corrected chi connectivity index (χ0v) is 13.4. The van der Waals surface area contributed by atoms with Gasteiger partial charge in [-0.25, -0.2) is 0 Å². The molecule has 1 heterocycles. The molecule has 1 aromatic carbocycles. The number of hydrogen-bond donors (Lipinski definition) is 2. The van der Waals surface area contributed by atoms with Gasteiger partial charge in [-0.05, 0) is 43.3 Å². The van der Waals surface area contributed by atoms with E-state index in [1.54, 1.807) is 11.3 Å². The van der Waals surface area contributed by atoms with Crippen LogP contribution in [0.5, 0.6) is 0 Å². The molecule has 0 amide bonds. The summed E-state index contributed by atoms with van der Waals surface area (Å²) in [7, 11) is 0. The molecule has 1 aromatic heterocycles. The van der Waals surface area contributed by atoms with Gasteiger partial charge in [0.25, 0.3) is 0 Å². The first-order chi connectivity index (χ1) is 9.97. The lowest BCUT2D eigenvalue weighted by atomic mass is 9.99. The van der Waals surface area contributed by atoms with E-state index >= 15 is 0 Å². The molecule has 2 atom stereocenters. The van der Waals surface area contributed by atoms with Crippen molar-refractivity contribution in [3.63, 3.8) is 0 Å². The molecule has 0 radical (unpaired) electrons. The number of nitrogens with one attached hydrogen (secondary N) is 1. The van der Waals surface area contributed by atoms with E-state index in [-0.39, 0.29) is 18.5 Å². The predicted octanol–water partition coefficient (Wildman–Crippen LogP) is 4.23. The summed E-state index contributed by atoms with van der Waals surface area (Å²) < 4.78 is 0. The van der Waals surface area contributed by atoms with Crippen LogP contribution in [0.1, 0.15) is 47.0 Å². The Bertz CT molecular complexity index is 607. The standard InChI is InChI=1S/C17H21NO2S/c1-11-6-7-14(12(2)9-11)13(3)18-15(10-17(19)20)16-5-4-8-21-16/h4-9,13,15,18H,10H2,1-3H3,(H,19,20). The number of benzene rings is 1. The zero-order valence-electron chi connectivity index (χ0n) is 12.6. The molecule has 2 aromatic rings. The van der Waals surface area contributed by atoms with E-state index in [1.165, 1.54) is 16.7 Å². The van der Waals surface area contributed by atoms with Gasteiger partial charge in [-0.1, -0.05) is 29.8 Å². The van der Waals surface area contributed by atoms with Crippen molar-refractivity contribution in [2.24, 2.45) is 0 Å². The fourth-order valence-electron chi connectivity index (χ4n) is 2.61. The van der Waals surface area contributed by atoms with Crippen LogP contribution in [-0.2, 0) is 4.79 Å². The fourth-order valence-corrected chi connectivity index (χ4v) is 3.40. The molecule has 2 N–H and O–H groups in total. The van der Waals surface area contributed by atoms with Gasteiger partial charge in [0.1, 0.15) is 0 Å². The second-order valence-corrected chi connectivity index (χ2v) is 6.39. The van der Waals surface area contributed by atoms with Crippen LogP contribution in [0.15, 0.2) is 35.7 Å². The molecule has 0 bridgehead atoms. The summed E-state index contributed by atoms with van der Waals surface area (Å²) in [5.74, 6) is -0.784. The van der Waals surface area contributed by atoms with E-state index in [0.29, 0.717) is 0 Å². The second kappa shape index (κ2) is 6.87. The summed E-state index contributed by atoms with van der Waals surface area (Å²) in [6.45, 7) is 6.26. The third-order valence-corrected chi connectivity index (χ3v) is 4.59. The Morgan fingerprint density at radius 2 is 2.10 bits per heavy atom. The molecule has 0 fully saturated rings. The summed E-state index contributed by atoms with van der Waals surface area (Å²) in [6.07, 6.45) is 0.0930. The summed E-state index contributed by atoms with van der Waals surface area (Å²) in [4.78, 5) is 12.2. The van der Waals surface area contributed by atoms with Crippen LogP contribution in [0, 0.1) is 13.8 Å². The molecule has 0 saturated heterocycles. The average Bonchev–Trinajstić information content (AvgIpc) is 2.90. The lowest BCUT2D eigenvalue weighted by Crippen LogP contribution is -2.26. The Morgan fingerprint density at radius 3 is 2.67 bits per heavy atom. The molecule has 3 nitrogen and oxygen atoms in total. The first-order valence-electron chi connectivity index (χ1n) is 7.05. The van der Waals surface area contributed by atoms with Crippen molar-refractivity contribution < 1.29 is 9.90 Å². The van der Waals surface area contributed by atoms with Crippen LogP contribution in [0.4, 0.5) is 0 Å². The SMILES string of the molecule is Cc1ccc(C(C)NC(CC(=O)O)c2cccs2)c(C)c1. The van der Waals surface area contributed by atoms with Crippen LogP contribution in [0.2, 0.25) is 0 Å². The maximum Gasteiger partial charge on any atom is 0.305 e. The highest BCUT2D eigenvalue weighted by atomic mass is 32.1. The average molecular weight is 303 g/mol. The molecule has 0 spiro atoms. The van der Waals surface area contributed by atoms with E-state index in [4.69, 9.17) is 5.11 Å². The Hall–Kier alpha value is -1.65. The Morgan fingerprint density at radius 1 is 1.33 bits per heavy atom. The summed E-state index contributed by atoms with van der Waals surface area (Å²) >= 11 is 1.59. The highest BCUT2D eigenvalue weighted by molar-refractivity contribution is 7.10. The highest BCUT2D eigenvalue weighted by Crippen LogP contribution is 2.27. The second-order valence-electron chi connectivity index (χ2n) is 5.41. The summed E-state index contributed by atoms with van der Waals surface area (Å²) in [5.41, 5.74) is 3.69. The molecule has 2 rings (SSSR count). The van der Waals surface area contributed by atoms with Gasteiger partial charge in [0, 0.05) is 10.9 Å². The maximum absolute atomic E-state index is 11.1. The van der Waals surface area contributed by atoms with Gasteiger partial charge in [-0.2, -0.15) is 0 Å². The normalized spacial score (nSPS) is 13.9. The van der Waals surface area contributed by atoms with Crippen molar-refractivity contribution in [3.8, 4) is 0 Å². The molecule has 0 aliphatic rings. The number of carboxylic acids is 1. The third-order valence-electron chi connectivity index (χ3n) is 3.61. The Labute approximate surface area is 129 Å². The van der Waals surface area contributed by atoms with Crippen molar-refractivity contribution in [1.29, 1.82) is 0 Å². The molecule has 0 aliphatic heterocycles. The smallest absolute Gasteiger partial charge is 0.305 e. The first kappa shape index (κ1) is 15.7. The number of carboxylic acid groups (broad SMARTS) is 1. The van der Waals surface area contributed by atoms with Crippen LogP contribution in [0.25, 0.3) is 0 Å². The van der Waals surface area contributed by atoms with E-state index < -0.39 is 5.97 Å². The number of aryl methyl sites for hydroxylation is 2. The van der Waals surface area contributed by atoms with Crippen molar-refractivity contribution >= 4 is 17.3 Å². The van der Waals surface area contributed by atoms with Crippen molar-refractivity contribution in [1.82, 2.24) is 5.32 Å². The molecule has 21 heavy (non-hydrogen) atoms. The van der Waals surface area contributed by atoms with E-state index in [2.05, 4.69) is 44.3 Å².